The van der Waals surface area contributed by atoms with Gasteiger partial charge in [0.2, 0.25) is 0 Å². The van der Waals surface area contributed by atoms with Crippen molar-refractivity contribution in [2.24, 2.45) is 0 Å². The molecule has 0 aliphatic rings. The van der Waals surface area contributed by atoms with E-state index in [-0.39, 0.29) is 18.6 Å². The van der Waals surface area contributed by atoms with Gasteiger partial charge in [0.25, 0.3) is 0 Å². The number of hydrogen-bond acceptors (Lipinski definition) is 3. The van der Waals surface area contributed by atoms with Gasteiger partial charge in [0.1, 0.15) is 12.4 Å². The van der Waals surface area contributed by atoms with Crippen LogP contribution in [0.3, 0.4) is 0 Å². The minimum absolute atomic E-state index is 0.0908. The van der Waals surface area contributed by atoms with Gasteiger partial charge in [0, 0.05) is 0 Å². The Labute approximate surface area is 154 Å². The van der Waals surface area contributed by atoms with E-state index in [1.54, 1.807) is 24.3 Å². The molecule has 2 aromatic rings. The Balaban J connectivity index is 1.97. The Hall–Kier alpha value is -2.00. The van der Waals surface area contributed by atoms with Crippen molar-refractivity contribution in [2.75, 3.05) is 6.61 Å². The van der Waals surface area contributed by atoms with Crippen LogP contribution >= 0.6 is 11.6 Å². The predicted octanol–water partition coefficient (Wildman–Crippen LogP) is 5.38. The molecule has 0 unspecified atom stereocenters. The fourth-order valence-electron chi connectivity index (χ4n) is 2.55. The minimum atomic E-state index is -0.418. The van der Waals surface area contributed by atoms with Crippen molar-refractivity contribution >= 4 is 17.6 Å². The summed E-state index contributed by atoms with van der Waals surface area (Å²) in [6.07, 6.45) is 0. The average Bonchev–Trinajstić information content (AvgIpc) is 2.52. The van der Waals surface area contributed by atoms with Crippen LogP contribution in [0.5, 0.6) is 5.75 Å². The Morgan fingerprint density at radius 2 is 1.68 bits per heavy atom. The number of esters is 1. The fourth-order valence-corrected chi connectivity index (χ4v) is 2.74. The first-order valence-electron chi connectivity index (χ1n) is 8.32. The Morgan fingerprint density at radius 3 is 2.24 bits per heavy atom. The molecule has 0 aromatic heterocycles. The molecule has 25 heavy (non-hydrogen) atoms. The van der Waals surface area contributed by atoms with Gasteiger partial charge in [-0.2, -0.15) is 0 Å². The summed E-state index contributed by atoms with van der Waals surface area (Å²) in [5, 5.41) is 0.472. The lowest BCUT2D eigenvalue weighted by atomic mass is 9.84. The van der Waals surface area contributed by atoms with Crippen LogP contribution < -0.4 is 4.74 Å². The normalized spacial score (nSPS) is 11.3. The third-order valence-electron chi connectivity index (χ3n) is 4.12. The molecular formula is C21H25ClO3. The van der Waals surface area contributed by atoms with Gasteiger partial charge in [0.05, 0.1) is 5.02 Å². The van der Waals surface area contributed by atoms with E-state index in [4.69, 9.17) is 21.1 Å². The lowest BCUT2D eigenvalue weighted by Gasteiger charge is -2.22. The predicted molar refractivity (Wildman–Crippen MR) is 101 cm³/mol. The number of para-hydroxylation sites is 1. The number of carbonyl (C=O) groups is 1. The van der Waals surface area contributed by atoms with Gasteiger partial charge in [0.15, 0.2) is 6.61 Å². The lowest BCUT2D eigenvalue weighted by Crippen LogP contribution is -2.16. The first kappa shape index (κ1) is 19.3. The van der Waals surface area contributed by atoms with Gasteiger partial charge in [-0.1, -0.05) is 56.6 Å². The van der Waals surface area contributed by atoms with Gasteiger partial charge in [-0.05, 0) is 53.6 Å². The maximum Gasteiger partial charge on any atom is 0.344 e. The second-order valence-electron chi connectivity index (χ2n) is 7.22. The third-order valence-corrected chi connectivity index (χ3v) is 4.43. The highest BCUT2D eigenvalue weighted by Gasteiger charge is 2.17. The van der Waals surface area contributed by atoms with Crippen molar-refractivity contribution in [1.82, 2.24) is 0 Å². The molecule has 0 amide bonds. The van der Waals surface area contributed by atoms with Crippen molar-refractivity contribution in [3.05, 3.63) is 63.7 Å². The fraction of sp³-hybridized carbons (Fsp3) is 0.381. The summed E-state index contributed by atoms with van der Waals surface area (Å²) >= 11 is 6.00. The molecule has 0 aliphatic heterocycles. The first-order chi connectivity index (χ1) is 11.7. The van der Waals surface area contributed by atoms with E-state index in [1.807, 2.05) is 13.8 Å². The summed E-state index contributed by atoms with van der Waals surface area (Å²) in [5.74, 6) is 0.0571. The summed E-state index contributed by atoms with van der Waals surface area (Å²) < 4.78 is 10.8. The zero-order valence-electron chi connectivity index (χ0n) is 15.5. The molecule has 0 N–H and O–H groups in total. The van der Waals surface area contributed by atoms with Gasteiger partial charge >= 0.3 is 5.97 Å². The van der Waals surface area contributed by atoms with Crippen molar-refractivity contribution < 1.29 is 14.3 Å². The zero-order valence-corrected chi connectivity index (χ0v) is 16.2. The number of benzene rings is 2. The third kappa shape index (κ3) is 5.23. The standard InChI is InChI=1S/C21H25ClO3/c1-14-10-16(21(3,4)5)11-15(2)17(14)12-25-20(23)13-24-19-9-7-6-8-18(19)22/h6-11H,12-13H2,1-5H3. The van der Waals surface area contributed by atoms with Crippen molar-refractivity contribution in [3.8, 4) is 5.75 Å². The largest absolute Gasteiger partial charge is 0.480 e. The van der Waals surface area contributed by atoms with Gasteiger partial charge in [-0.15, -0.1) is 0 Å². The maximum atomic E-state index is 12.0. The zero-order chi connectivity index (χ0) is 18.6. The number of carbonyl (C=O) groups excluding carboxylic acids is 1. The molecule has 134 valence electrons. The summed E-state index contributed by atoms with van der Waals surface area (Å²) in [4.78, 5) is 12.0. The Bertz CT molecular complexity index is 737. The lowest BCUT2D eigenvalue weighted by molar-refractivity contribution is -0.147. The molecule has 0 aliphatic carbocycles. The van der Waals surface area contributed by atoms with Crippen LogP contribution in [0.25, 0.3) is 0 Å². The smallest absolute Gasteiger partial charge is 0.344 e. The van der Waals surface area contributed by atoms with E-state index in [9.17, 15) is 4.79 Å². The minimum Gasteiger partial charge on any atom is -0.480 e. The highest BCUT2D eigenvalue weighted by atomic mass is 35.5. The van der Waals surface area contributed by atoms with Crippen LogP contribution in [0.2, 0.25) is 5.02 Å². The molecular weight excluding hydrogens is 336 g/mol. The van der Waals surface area contributed by atoms with E-state index >= 15 is 0 Å². The highest BCUT2D eigenvalue weighted by Crippen LogP contribution is 2.27. The number of ether oxygens (including phenoxy) is 2. The second kappa shape index (κ2) is 7.92. The number of aryl methyl sites for hydroxylation is 2. The van der Waals surface area contributed by atoms with Crippen LogP contribution in [0.1, 0.15) is 43.0 Å². The molecule has 2 aromatic carbocycles. The van der Waals surface area contributed by atoms with E-state index in [0.717, 1.165) is 16.7 Å². The van der Waals surface area contributed by atoms with Crippen molar-refractivity contribution in [3.63, 3.8) is 0 Å². The highest BCUT2D eigenvalue weighted by molar-refractivity contribution is 6.32. The molecule has 4 heteroatoms. The summed E-state index contributed by atoms with van der Waals surface area (Å²) in [7, 11) is 0. The molecule has 0 spiro atoms. The van der Waals surface area contributed by atoms with Crippen LogP contribution in [-0.2, 0) is 21.6 Å². The Kier molecular flexibility index (Phi) is 6.12. The van der Waals surface area contributed by atoms with E-state index in [0.29, 0.717) is 10.8 Å². The van der Waals surface area contributed by atoms with Crippen molar-refractivity contribution in [1.29, 1.82) is 0 Å². The summed E-state index contributed by atoms with van der Waals surface area (Å²) in [6.45, 7) is 10.7. The first-order valence-corrected chi connectivity index (χ1v) is 8.70. The molecule has 0 saturated heterocycles. The molecule has 3 nitrogen and oxygen atoms in total. The van der Waals surface area contributed by atoms with Crippen LogP contribution in [0, 0.1) is 13.8 Å². The molecule has 0 bridgehead atoms. The Morgan fingerprint density at radius 1 is 1.08 bits per heavy atom. The monoisotopic (exact) mass is 360 g/mol. The maximum absolute atomic E-state index is 12.0. The van der Waals surface area contributed by atoms with E-state index < -0.39 is 5.97 Å². The second-order valence-corrected chi connectivity index (χ2v) is 7.63. The van der Waals surface area contributed by atoms with Crippen LogP contribution in [-0.4, -0.2) is 12.6 Å². The van der Waals surface area contributed by atoms with E-state index in [2.05, 4.69) is 32.9 Å². The summed E-state index contributed by atoms with van der Waals surface area (Å²) in [5.41, 5.74) is 4.67. The van der Waals surface area contributed by atoms with E-state index in [1.165, 1.54) is 5.56 Å². The van der Waals surface area contributed by atoms with Gasteiger partial charge in [-0.25, -0.2) is 4.79 Å². The molecule has 0 radical (unpaired) electrons. The number of halogens is 1. The average molecular weight is 361 g/mol. The molecule has 0 fully saturated rings. The number of rotatable bonds is 5. The van der Waals surface area contributed by atoms with Crippen molar-refractivity contribution in [2.45, 2.75) is 46.6 Å². The molecule has 0 heterocycles. The van der Waals surface area contributed by atoms with Crippen LogP contribution in [0.4, 0.5) is 0 Å². The SMILES string of the molecule is Cc1cc(C(C)(C)C)cc(C)c1COC(=O)COc1ccccc1Cl. The quantitative estimate of drug-likeness (QED) is 0.672. The topological polar surface area (TPSA) is 35.5 Å². The summed E-state index contributed by atoms with van der Waals surface area (Å²) in [6, 6.07) is 11.4. The molecule has 2 rings (SSSR count). The van der Waals surface area contributed by atoms with Gasteiger partial charge < -0.3 is 9.47 Å². The molecule has 0 atom stereocenters. The van der Waals surface area contributed by atoms with Crippen LogP contribution in [0.15, 0.2) is 36.4 Å². The van der Waals surface area contributed by atoms with Gasteiger partial charge in [-0.3, -0.25) is 0 Å². The number of hydrogen-bond donors (Lipinski definition) is 0. The molecule has 0 saturated carbocycles.